The molecule has 0 aliphatic carbocycles. The van der Waals surface area contributed by atoms with Crippen molar-refractivity contribution >= 4 is 45.3 Å². The summed E-state index contributed by atoms with van der Waals surface area (Å²) in [7, 11) is 2.52. The summed E-state index contributed by atoms with van der Waals surface area (Å²) < 4.78 is 0. The second-order valence-corrected chi connectivity index (χ2v) is 10.7. The molecule has 36 heavy (non-hydrogen) atoms. The van der Waals surface area contributed by atoms with Gasteiger partial charge in [-0.3, -0.25) is 9.59 Å². The Hall–Kier alpha value is -2.98. The van der Waals surface area contributed by atoms with Gasteiger partial charge < -0.3 is 20.8 Å². The lowest BCUT2D eigenvalue weighted by Crippen LogP contribution is -2.45. The maximum atomic E-state index is 12.9. The highest BCUT2D eigenvalue weighted by molar-refractivity contribution is 8.76. The Morgan fingerprint density at radius 2 is 1.03 bits per heavy atom. The number of carbonyl (C=O) groups excluding carboxylic acids is 2. The Morgan fingerprint density at radius 1 is 0.694 bits per heavy atom. The number of carbonyl (C=O) groups is 4. The quantitative estimate of drug-likeness (QED) is 0.267. The molecular weight excluding hydrogens is 500 g/mol. The minimum Gasteiger partial charge on any atom is -0.480 e. The second-order valence-electron chi connectivity index (χ2n) is 8.51. The van der Waals surface area contributed by atoms with E-state index in [4.69, 9.17) is 0 Å². The molecule has 0 radical (unpaired) electrons. The Labute approximate surface area is 219 Å². The van der Waals surface area contributed by atoms with E-state index in [0.29, 0.717) is 33.8 Å². The third-order valence-electron chi connectivity index (χ3n) is 6.02. The first-order valence-electron chi connectivity index (χ1n) is 11.7. The molecular formula is C26H32N2O6S2. The smallest absolute Gasteiger partial charge is 0.326 e. The highest BCUT2D eigenvalue weighted by atomic mass is 33.1. The summed E-state index contributed by atoms with van der Waals surface area (Å²) in [5, 5.41) is 24.3. The lowest BCUT2D eigenvalue weighted by Gasteiger charge is -2.21. The summed E-state index contributed by atoms with van der Waals surface area (Å²) >= 11 is 0. The molecule has 0 aliphatic heterocycles. The van der Waals surface area contributed by atoms with Crippen molar-refractivity contribution in [3.63, 3.8) is 0 Å². The third-order valence-corrected chi connectivity index (χ3v) is 8.50. The standard InChI is InChI=1S/C26H32N2O6S2/c1-5-15(3)21(25(31)32)27-23(29)17-11-7-9-13-19(17)35-36-20-14-10-8-12-18(20)24(30)28-22(26(33)34)16(4)6-2/h7-16,21-22H,5-6H2,1-4H3,(H,27,29)(H,28,30)(H,31,32)(H,33,34). The molecule has 8 nitrogen and oxygen atoms in total. The predicted octanol–water partition coefficient (Wildman–Crippen LogP) is 4.94. The van der Waals surface area contributed by atoms with Crippen molar-refractivity contribution < 1.29 is 29.4 Å². The first kappa shape index (κ1) is 29.3. The number of amides is 2. The van der Waals surface area contributed by atoms with Gasteiger partial charge in [0, 0.05) is 9.79 Å². The Bertz CT molecular complexity index is 1010. The molecule has 2 amide bonds. The van der Waals surface area contributed by atoms with Gasteiger partial charge >= 0.3 is 11.9 Å². The zero-order valence-corrected chi connectivity index (χ0v) is 22.3. The van der Waals surface area contributed by atoms with Crippen molar-refractivity contribution in [1.29, 1.82) is 0 Å². The van der Waals surface area contributed by atoms with Crippen LogP contribution in [-0.4, -0.2) is 46.0 Å². The summed E-state index contributed by atoms with van der Waals surface area (Å²) in [4.78, 5) is 50.4. The van der Waals surface area contributed by atoms with Crippen LogP contribution in [0, 0.1) is 11.8 Å². The Morgan fingerprint density at radius 3 is 1.33 bits per heavy atom. The van der Waals surface area contributed by atoms with Gasteiger partial charge in [-0.05, 0) is 36.1 Å². The largest absolute Gasteiger partial charge is 0.480 e. The number of rotatable bonds is 13. The maximum absolute atomic E-state index is 12.9. The molecule has 0 saturated carbocycles. The van der Waals surface area contributed by atoms with Crippen LogP contribution in [0.5, 0.6) is 0 Å². The summed E-state index contributed by atoms with van der Waals surface area (Å²) in [5.74, 6) is -3.64. The lowest BCUT2D eigenvalue weighted by molar-refractivity contribution is -0.141. The van der Waals surface area contributed by atoms with E-state index in [9.17, 15) is 29.4 Å². The average molecular weight is 533 g/mol. The van der Waals surface area contributed by atoms with Gasteiger partial charge in [0.15, 0.2) is 0 Å². The number of hydrogen-bond acceptors (Lipinski definition) is 6. The molecule has 194 valence electrons. The summed E-state index contributed by atoms with van der Waals surface area (Å²) in [5.41, 5.74) is 0.656. The highest BCUT2D eigenvalue weighted by Crippen LogP contribution is 2.40. The molecule has 4 atom stereocenters. The molecule has 4 N–H and O–H groups in total. The van der Waals surface area contributed by atoms with Crippen LogP contribution in [0.2, 0.25) is 0 Å². The monoisotopic (exact) mass is 532 g/mol. The molecule has 0 saturated heterocycles. The molecule has 0 bridgehead atoms. The lowest BCUT2D eigenvalue weighted by atomic mass is 9.99. The number of carboxylic acid groups (broad SMARTS) is 2. The zero-order valence-electron chi connectivity index (χ0n) is 20.7. The van der Waals surface area contributed by atoms with Crippen LogP contribution in [0.3, 0.4) is 0 Å². The van der Waals surface area contributed by atoms with E-state index in [1.807, 2.05) is 13.8 Å². The molecule has 4 unspecified atom stereocenters. The first-order chi connectivity index (χ1) is 17.1. The SMILES string of the molecule is CCC(C)C(NC(=O)c1ccccc1SSc1ccccc1C(=O)NC(C(=O)O)C(C)CC)C(=O)O. The van der Waals surface area contributed by atoms with Crippen LogP contribution in [0.15, 0.2) is 58.3 Å². The molecule has 0 fully saturated rings. The van der Waals surface area contributed by atoms with Crippen molar-refractivity contribution in [3.05, 3.63) is 59.7 Å². The van der Waals surface area contributed by atoms with E-state index in [-0.39, 0.29) is 11.8 Å². The average Bonchev–Trinajstić information content (AvgIpc) is 2.87. The van der Waals surface area contributed by atoms with Crippen LogP contribution < -0.4 is 10.6 Å². The van der Waals surface area contributed by atoms with Crippen LogP contribution in [0.25, 0.3) is 0 Å². The number of aliphatic carboxylic acids is 2. The number of hydrogen-bond donors (Lipinski definition) is 4. The molecule has 0 spiro atoms. The third kappa shape index (κ3) is 7.76. The molecule has 2 aromatic carbocycles. The number of nitrogens with one attached hydrogen (secondary N) is 2. The Kier molecular flexibility index (Phi) is 11.3. The number of benzene rings is 2. The molecule has 0 heterocycles. The van der Waals surface area contributed by atoms with E-state index in [0.717, 1.165) is 0 Å². The minimum absolute atomic E-state index is 0.240. The van der Waals surface area contributed by atoms with Gasteiger partial charge in [0.05, 0.1) is 11.1 Å². The van der Waals surface area contributed by atoms with E-state index in [2.05, 4.69) is 10.6 Å². The summed E-state index contributed by atoms with van der Waals surface area (Å²) in [6.45, 7) is 7.27. The van der Waals surface area contributed by atoms with Gasteiger partial charge in [-0.1, -0.05) is 86.4 Å². The second kappa shape index (κ2) is 13.9. The summed E-state index contributed by atoms with van der Waals surface area (Å²) in [6, 6.07) is 11.7. The molecule has 0 aliphatic rings. The molecule has 2 aromatic rings. The first-order valence-corrected chi connectivity index (χ1v) is 13.8. The highest BCUT2D eigenvalue weighted by Gasteiger charge is 2.28. The van der Waals surface area contributed by atoms with E-state index in [1.54, 1.807) is 62.4 Å². The van der Waals surface area contributed by atoms with Gasteiger partial charge in [0.2, 0.25) is 0 Å². The van der Waals surface area contributed by atoms with Gasteiger partial charge in [0.25, 0.3) is 11.8 Å². The normalized spacial score (nSPS) is 14.2. The van der Waals surface area contributed by atoms with Crippen LogP contribution in [0.4, 0.5) is 0 Å². The van der Waals surface area contributed by atoms with Crippen molar-refractivity contribution in [3.8, 4) is 0 Å². The van der Waals surface area contributed by atoms with Crippen molar-refractivity contribution in [1.82, 2.24) is 10.6 Å². The molecule has 0 aromatic heterocycles. The van der Waals surface area contributed by atoms with Crippen molar-refractivity contribution in [2.75, 3.05) is 0 Å². The fraction of sp³-hybridized carbons (Fsp3) is 0.385. The van der Waals surface area contributed by atoms with Crippen LogP contribution in [-0.2, 0) is 9.59 Å². The molecule has 2 rings (SSSR count). The van der Waals surface area contributed by atoms with Gasteiger partial charge in [0.1, 0.15) is 12.1 Å². The topological polar surface area (TPSA) is 133 Å². The van der Waals surface area contributed by atoms with Crippen LogP contribution >= 0.6 is 21.6 Å². The van der Waals surface area contributed by atoms with Crippen LogP contribution in [0.1, 0.15) is 61.3 Å². The number of carboxylic acids is 2. The van der Waals surface area contributed by atoms with Crippen molar-refractivity contribution in [2.45, 2.75) is 62.4 Å². The fourth-order valence-electron chi connectivity index (χ4n) is 3.35. The minimum atomic E-state index is -1.09. The van der Waals surface area contributed by atoms with E-state index in [1.165, 1.54) is 21.6 Å². The zero-order chi connectivity index (χ0) is 26.8. The Balaban J connectivity index is 2.22. The van der Waals surface area contributed by atoms with Gasteiger partial charge in [-0.15, -0.1) is 0 Å². The fourth-order valence-corrected chi connectivity index (χ4v) is 5.71. The van der Waals surface area contributed by atoms with E-state index >= 15 is 0 Å². The van der Waals surface area contributed by atoms with Gasteiger partial charge in [-0.25, -0.2) is 9.59 Å². The molecule has 10 heteroatoms. The van der Waals surface area contributed by atoms with E-state index < -0.39 is 35.8 Å². The maximum Gasteiger partial charge on any atom is 0.326 e. The van der Waals surface area contributed by atoms with Gasteiger partial charge in [-0.2, -0.15) is 0 Å². The summed E-state index contributed by atoms with van der Waals surface area (Å²) in [6.07, 6.45) is 1.20. The predicted molar refractivity (Wildman–Crippen MR) is 141 cm³/mol. The van der Waals surface area contributed by atoms with Crippen molar-refractivity contribution in [2.24, 2.45) is 11.8 Å².